The highest BCUT2D eigenvalue weighted by Crippen LogP contribution is 2.44. The fourth-order valence-corrected chi connectivity index (χ4v) is 9.66. The van der Waals surface area contributed by atoms with Crippen molar-refractivity contribution in [1.82, 2.24) is 14.1 Å². The molecule has 0 saturated heterocycles. The first-order valence-corrected chi connectivity index (χ1v) is 22.1. The molecule has 0 amide bonds. The van der Waals surface area contributed by atoms with Crippen LogP contribution in [0.1, 0.15) is 11.1 Å². The summed E-state index contributed by atoms with van der Waals surface area (Å²) in [7, 11) is 0. The van der Waals surface area contributed by atoms with Crippen molar-refractivity contribution < 1.29 is 0 Å². The fourth-order valence-electron chi connectivity index (χ4n) is 9.37. The van der Waals surface area contributed by atoms with E-state index >= 15 is 0 Å². The van der Waals surface area contributed by atoms with Crippen molar-refractivity contribution in [3.63, 3.8) is 0 Å². The molecule has 0 aliphatic rings. The van der Waals surface area contributed by atoms with Gasteiger partial charge in [-0.2, -0.15) is 0 Å². The summed E-state index contributed by atoms with van der Waals surface area (Å²) in [5, 5.41) is 2.30. The minimum Gasteiger partial charge on any atom is -0.307 e. The van der Waals surface area contributed by atoms with Gasteiger partial charge in [-0.1, -0.05) is 176 Å². The summed E-state index contributed by atoms with van der Waals surface area (Å²) < 4.78 is 4.80. The van der Waals surface area contributed by atoms with E-state index in [4.69, 9.17) is 17.6 Å². The smallest absolute Gasteiger partial charge is 0.138 e. The van der Waals surface area contributed by atoms with Crippen LogP contribution in [0.25, 0.3) is 107 Å². The number of aryl methyl sites for hydroxylation is 1. The summed E-state index contributed by atoms with van der Waals surface area (Å²) >= 11 is 4.85. The zero-order valence-corrected chi connectivity index (χ0v) is 36.3. The summed E-state index contributed by atoms with van der Waals surface area (Å²) in [4.78, 5) is 6.60. The van der Waals surface area contributed by atoms with Crippen molar-refractivity contribution in [2.45, 2.75) is 11.8 Å². The monoisotopic (exact) mass is 837 g/mol. The molecule has 304 valence electrons. The number of fused-ring (bicyclic) bond motifs is 2. The largest absolute Gasteiger partial charge is 0.307 e. The molecule has 11 rings (SSSR count). The van der Waals surface area contributed by atoms with Gasteiger partial charge in [0.2, 0.25) is 0 Å². The van der Waals surface area contributed by atoms with E-state index in [9.17, 15) is 0 Å². The van der Waals surface area contributed by atoms with Crippen LogP contribution in [0.4, 0.5) is 0 Å². The van der Waals surface area contributed by atoms with E-state index in [1.54, 1.807) is 0 Å². The Labute approximate surface area is 379 Å². The third kappa shape index (κ3) is 6.86. The van der Waals surface area contributed by atoms with Crippen LogP contribution in [0.2, 0.25) is 0 Å². The van der Waals surface area contributed by atoms with Crippen molar-refractivity contribution >= 4 is 40.5 Å². The van der Waals surface area contributed by atoms with E-state index in [1.807, 2.05) is 18.2 Å². The normalized spacial score (nSPS) is 11.3. The molecule has 3 aromatic heterocycles. The van der Waals surface area contributed by atoms with Gasteiger partial charge in [0.15, 0.2) is 0 Å². The van der Waals surface area contributed by atoms with E-state index in [2.05, 4.69) is 229 Å². The van der Waals surface area contributed by atoms with E-state index in [0.717, 1.165) is 100.0 Å². The molecule has 0 fully saturated rings. The van der Waals surface area contributed by atoms with Crippen LogP contribution < -0.4 is 0 Å². The van der Waals surface area contributed by atoms with E-state index in [1.165, 1.54) is 16.5 Å². The van der Waals surface area contributed by atoms with Crippen LogP contribution in [0.15, 0.2) is 230 Å². The van der Waals surface area contributed by atoms with Gasteiger partial charge in [-0.25, -0.2) is 4.98 Å². The Bertz CT molecular complexity index is 3540. The molecule has 4 heteroatoms. The lowest BCUT2D eigenvalue weighted by molar-refractivity contribution is 1.02. The molecule has 0 N–H and O–H groups in total. The third-order valence-electron chi connectivity index (χ3n) is 12.4. The minimum absolute atomic E-state index is 0.811. The van der Waals surface area contributed by atoms with Crippen LogP contribution in [-0.2, 0) is 0 Å². The number of para-hydroxylation sites is 2. The van der Waals surface area contributed by atoms with E-state index < -0.39 is 0 Å². The SMILES string of the molecule is C=Cc1c(-c2c(C)c3ccccc3n2-c2cccc(-c3ccccc3)c2)n(-c2cc(-c3cccc(-c4ccccc4S)c3)cc(-c3cccc(-c4ccccc4)c3)n2)c2ccccc12. The second-order valence-corrected chi connectivity index (χ2v) is 16.7. The van der Waals surface area contributed by atoms with Crippen LogP contribution in [-0.4, -0.2) is 14.1 Å². The Morgan fingerprint density at radius 3 is 1.67 bits per heavy atom. The summed E-state index contributed by atoms with van der Waals surface area (Å²) in [6.45, 7) is 6.73. The van der Waals surface area contributed by atoms with Crippen LogP contribution in [0.3, 0.4) is 0 Å². The predicted molar refractivity (Wildman–Crippen MR) is 273 cm³/mol. The topological polar surface area (TPSA) is 22.8 Å². The summed E-state index contributed by atoms with van der Waals surface area (Å²) in [6, 6.07) is 77.6. The highest BCUT2D eigenvalue weighted by molar-refractivity contribution is 7.80. The molecule has 11 aromatic rings. The number of benzene rings is 8. The maximum Gasteiger partial charge on any atom is 0.138 e. The second-order valence-electron chi connectivity index (χ2n) is 16.2. The first-order chi connectivity index (χ1) is 31.5. The molecule has 0 aliphatic heterocycles. The maximum atomic E-state index is 5.66. The van der Waals surface area contributed by atoms with Gasteiger partial charge in [0.05, 0.1) is 28.1 Å². The number of nitrogens with zero attached hydrogens (tertiary/aromatic N) is 3. The number of hydrogen-bond donors (Lipinski definition) is 1. The van der Waals surface area contributed by atoms with Gasteiger partial charge >= 0.3 is 0 Å². The molecule has 0 bridgehead atoms. The van der Waals surface area contributed by atoms with Crippen molar-refractivity contribution in [3.05, 3.63) is 236 Å². The molecule has 0 spiro atoms. The second kappa shape index (κ2) is 16.4. The zero-order chi connectivity index (χ0) is 43.1. The van der Waals surface area contributed by atoms with E-state index in [0.29, 0.717) is 0 Å². The Hall–Kier alpha value is -7.92. The van der Waals surface area contributed by atoms with Crippen LogP contribution in [0, 0.1) is 6.92 Å². The maximum absolute atomic E-state index is 5.66. The van der Waals surface area contributed by atoms with Crippen LogP contribution in [0.5, 0.6) is 0 Å². The third-order valence-corrected chi connectivity index (χ3v) is 12.8. The summed E-state index contributed by atoms with van der Waals surface area (Å²) in [5.41, 5.74) is 18.5. The van der Waals surface area contributed by atoms with Crippen LogP contribution >= 0.6 is 12.6 Å². The van der Waals surface area contributed by atoms with Gasteiger partial charge in [0, 0.05) is 32.5 Å². The molecule has 3 heterocycles. The van der Waals surface area contributed by atoms with E-state index in [-0.39, 0.29) is 0 Å². The molecule has 0 aliphatic carbocycles. The fraction of sp³-hybridized carbons (Fsp3) is 0.0167. The molecule has 0 saturated carbocycles. The van der Waals surface area contributed by atoms with Gasteiger partial charge in [-0.15, -0.1) is 12.6 Å². The molecular weight excluding hydrogens is 795 g/mol. The lowest BCUT2D eigenvalue weighted by atomic mass is 9.97. The first kappa shape index (κ1) is 39.0. The van der Waals surface area contributed by atoms with Crippen molar-refractivity contribution in [1.29, 1.82) is 0 Å². The van der Waals surface area contributed by atoms with Gasteiger partial charge < -0.3 is 4.57 Å². The van der Waals surface area contributed by atoms with Crippen molar-refractivity contribution in [2.75, 3.05) is 0 Å². The number of rotatable bonds is 9. The Morgan fingerprint density at radius 2 is 0.969 bits per heavy atom. The van der Waals surface area contributed by atoms with Gasteiger partial charge in [0.25, 0.3) is 0 Å². The molecular formula is C60H43N3S. The molecule has 0 radical (unpaired) electrons. The average molecular weight is 838 g/mol. The standard InChI is InChI=1S/C60H43N3S/c1-3-50-53-31-11-14-33-56(53)63(60(50)59-40(2)51-29-10-13-32-55(51)62(59)49-28-18-25-45(37-49)42-21-8-5-9-22-42)58-39-48(44-24-16-26-46(35-44)52-30-12-15-34-57(52)64)38-54(61-58)47-27-17-23-43(36-47)41-19-6-4-7-20-41/h3-39,64H,1H2,2H3. The number of hydrogen-bond acceptors (Lipinski definition) is 2. The minimum atomic E-state index is 0.811. The predicted octanol–water partition coefficient (Wildman–Crippen LogP) is 16.2. The van der Waals surface area contributed by atoms with Gasteiger partial charge in [0.1, 0.15) is 5.82 Å². The lowest BCUT2D eigenvalue weighted by Crippen LogP contribution is -2.06. The number of pyridine rings is 1. The number of aromatic nitrogens is 3. The Balaban J connectivity index is 1.21. The average Bonchev–Trinajstić information content (AvgIpc) is 3.85. The Kier molecular flexibility index (Phi) is 9.99. The van der Waals surface area contributed by atoms with Gasteiger partial charge in [-0.3, -0.25) is 4.57 Å². The lowest BCUT2D eigenvalue weighted by Gasteiger charge is -2.19. The molecule has 8 aromatic carbocycles. The number of thiol groups is 1. The molecule has 64 heavy (non-hydrogen) atoms. The highest BCUT2D eigenvalue weighted by atomic mass is 32.1. The Morgan fingerprint density at radius 1 is 0.438 bits per heavy atom. The molecule has 3 nitrogen and oxygen atoms in total. The molecule has 0 unspecified atom stereocenters. The first-order valence-electron chi connectivity index (χ1n) is 21.6. The summed E-state index contributed by atoms with van der Waals surface area (Å²) in [5.74, 6) is 0.811. The highest BCUT2D eigenvalue weighted by Gasteiger charge is 2.27. The molecule has 0 atom stereocenters. The van der Waals surface area contributed by atoms with Crippen molar-refractivity contribution in [3.8, 4) is 78.7 Å². The van der Waals surface area contributed by atoms with Gasteiger partial charge in [-0.05, 0) is 112 Å². The van der Waals surface area contributed by atoms with Crippen molar-refractivity contribution in [2.24, 2.45) is 0 Å². The summed E-state index contributed by atoms with van der Waals surface area (Å²) in [6.07, 6.45) is 2.02. The quantitative estimate of drug-likeness (QED) is 0.144. The zero-order valence-electron chi connectivity index (χ0n) is 35.4.